The highest BCUT2D eigenvalue weighted by Crippen LogP contribution is 2.23. The lowest BCUT2D eigenvalue weighted by Gasteiger charge is -2.38. The molecule has 0 aromatic rings. The standard InChI is InChI=1S/C12H23BrN2O/c1-10-7-15(4-3-12(10)13)9-11-8-14(2)5-6-16-11/h10-12H,3-9H2,1-2H3. The lowest BCUT2D eigenvalue weighted by atomic mass is 10.00. The first-order valence-corrected chi connectivity index (χ1v) is 7.23. The molecule has 94 valence electrons. The van der Waals surface area contributed by atoms with Crippen LogP contribution >= 0.6 is 15.9 Å². The van der Waals surface area contributed by atoms with Gasteiger partial charge in [-0.25, -0.2) is 0 Å². The summed E-state index contributed by atoms with van der Waals surface area (Å²) in [7, 11) is 2.18. The van der Waals surface area contributed by atoms with Crippen molar-refractivity contribution in [1.82, 2.24) is 9.80 Å². The molecule has 2 heterocycles. The molecule has 2 fully saturated rings. The van der Waals surface area contributed by atoms with E-state index in [4.69, 9.17) is 4.74 Å². The van der Waals surface area contributed by atoms with Gasteiger partial charge in [-0.05, 0) is 25.9 Å². The summed E-state index contributed by atoms with van der Waals surface area (Å²) < 4.78 is 5.82. The van der Waals surface area contributed by atoms with E-state index in [2.05, 4.69) is 39.7 Å². The Morgan fingerprint density at radius 3 is 2.81 bits per heavy atom. The maximum atomic E-state index is 5.82. The zero-order valence-corrected chi connectivity index (χ0v) is 11.9. The summed E-state index contributed by atoms with van der Waals surface area (Å²) in [6, 6.07) is 0. The maximum absolute atomic E-state index is 5.82. The second kappa shape index (κ2) is 5.80. The van der Waals surface area contributed by atoms with E-state index in [1.807, 2.05) is 0 Å². The Balaban J connectivity index is 1.76. The monoisotopic (exact) mass is 290 g/mol. The van der Waals surface area contributed by atoms with Gasteiger partial charge in [0.2, 0.25) is 0 Å². The third-order valence-corrected chi connectivity index (χ3v) is 5.05. The average Bonchev–Trinajstić information content (AvgIpc) is 2.24. The van der Waals surface area contributed by atoms with Crippen LogP contribution in [0.2, 0.25) is 0 Å². The number of halogens is 1. The van der Waals surface area contributed by atoms with Crippen molar-refractivity contribution in [2.45, 2.75) is 24.3 Å². The molecule has 2 rings (SSSR count). The van der Waals surface area contributed by atoms with E-state index in [9.17, 15) is 0 Å². The Labute approximate surface area is 107 Å². The van der Waals surface area contributed by atoms with Gasteiger partial charge in [0.25, 0.3) is 0 Å². The lowest BCUT2D eigenvalue weighted by Crippen LogP contribution is -2.49. The average molecular weight is 291 g/mol. The van der Waals surface area contributed by atoms with Crippen molar-refractivity contribution in [2.75, 3.05) is 46.4 Å². The van der Waals surface area contributed by atoms with E-state index < -0.39 is 0 Å². The molecule has 4 heteroatoms. The highest BCUT2D eigenvalue weighted by molar-refractivity contribution is 9.09. The molecule has 0 saturated carbocycles. The van der Waals surface area contributed by atoms with Gasteiger partial charge >= 0.3 is 0 Å². The van der Waals surface area contributed by atoms with Gasteiger partial charge in [0.05, 0.1) is 12.7 Å². The number of hydrogen-bond donors (Lipinski definition) is 0. The molecule has 0 radical (unpaired) electrons. The molecule has 2 aliphatic heterocycles. The molecule has 3 atom stereocenters. The summed E-state index contributed by atoms with van der Waals surface area (Å²) in [4.78, 5) is 5.64. The predicted octanol–water partition coefficient (Wildman–Crippen LogP) is 1.42. The molecular weight excluding hydrogens is 268 g/mol. The molecule has 0 amide bonds. The summed E-state index contributed by atoms with van der Waals surface area (Å²) >= 11 is 3.75. The maximum Gasteiger partial charge on any atom is 0.0829 e. The molecule has 3 unspecified atom stereocenters. The van der Waals surface area contributed by atoms with Crippen LogP contribution < -0.4 is 0 Å². The Morgan fingerprint density at radius 1 is 1.31 bits per heavy atom. The molecule has 16 heavy (non-hydrogen) atoms. The van der Waals surface area contributed by atoms with Crippen molar-refractivity contribution in [3.05, 3.63) is 0 Å². The SMILES string of the molecule is CC1CN(CC2CN(C)CCO2)CCC1Br. The van der Waals surface area contributed by atoms with Crippen LogP contribution in [0, 0.1) is 5.92 Å². The number of rotatable bonds is 2. The minimum Gasteiger partial charge on any atom is -0.374 e. The summed E-state index contributed by atoms with van der Waals surface area (Å²) in [5, 5.41) is 0. The van der Waals surface area contributed by atoms with E-state index in [1.54, 1.807) is 0 Å². The van der Waals surface area contributed by atoms with Crippen LogP contribution in [0.15, 0.2) is 0 Å². The summed E-state index contributed by atoms with van der Waals surface area (Å²) in [6.07, 6.45) is 1.68. The van der Waals surface area contributed by atoms with Gasteiger partial charge in [0, 0.05) is 31.0 Å². The number of ether oxygens (including phenoxy) is 1. The number of alkyl halides is 1. The van der Waals surface area contributed by atoms with Crippen molar-refractivity contribution in [3.8, 4) is 0 Å². The number of morpholine rings is 1. The topological polar surface area (TPSA) is 15.7 Å². The van der Waals surface area contributed by atoms with Crippen molar-refractivity contribution in [3.63, 3.8) is 0 Å². The predicted molar refractivity (Wildman–Crippen MR) is 70.2 cm³/mol. The fourth-order valence-corrected chi connectivity index (χ4v) is 3.01. The zero-order chi connectivity index (χ0) is 11.5. The van der Waals surface area contributed by atoms with Crippen LogP contribution in [0.1, 0.15) is 13.3 Å². The van der Waals surface area contributed by atoms with Gasteiger partial charge in [0.1, 0.15) is 0 Å². The van der Waals surface area contributed by atoms with Gasteiger partial charge in [-0.3, -0.25) is 0 Å². The quantitative estimate of drug-likeness (QED) is 0.716. The fraction of sp³-hybridized carbons (Fsp3) is 1.00. The molecule has 0 bridgehead atoms. The summed E-state index contributed by atoms with van der Waals surface area (Å²) in [6.45, 7) is 8.92. The fourth-order valence-electron chi connectivity index (χ4n) is 2.63. The minimum atomic E-state index is 0.415. The van der Waals surface area contributed by atoms with Crippen molar-refractivity contribution < 1.29 is 4.74 Å². The third kappa shape index (κ3) is 3.42. The third-order valence-electron chi connectivity index (χ3n) is 3.69. The van der Waals surface area contributed by atoms with Crippen molar-refractivity contribution in [2.24, 2.45) is 5.92 Å². The zero-order valence-electron chi connectivity index (χ0n) is 10.4. The van der Waals surface area contributed by atoms with E-state index in [0.29, 0.717) is 10.9 Å². The van der Waals surface area contributed by atoms with Crippen LogP contribution in [-0.4, -0.2) is 67.1 Å². The molecule has 2 aliphatic rings. The number of likely N-dealkylation sites (tertiary alicyclic amines) is 1. The van der Waals surface area contributed by atoms with Gasteiger partial charge < -0.3 is 14.5 Å². The number of hydrogen-bond acceptors (Lipinski definition) is 3. The van der Waals surface area contributed by atoms with Crippen LogP contribution in [0.4, 0.5) is 0 Å². The van der Waals surface area contributed by atoms with Crippen molar-refractivity contribution in [1.29, 1.82) is 0 Å². The Hall–Kier alpha value is 0.360. The van der Waals surface area contributed by atoms with Crippen LogP contribution in [0.3, 0.4) is 0 Å². The first kappa shape index (κ1) is 12.8. The normalized spacial score (nSPS) is 38.8. The highest BCUT2D eigenvalue weighted by Gasteiger charge is 2.27. The van der Waals surface area contributed by atoms with Crippen molar-refractivity contribution >= 4 is 15.9 Å². The van der Waals surface area contributed by atoms with E-state index in [-0.39, 0.29) is 0 Å². The van der Waals surface area contributed by atoms with E-state index in [0.717, 1.165) is 32.2 Å². The Morgan fingerprint density at radius 2 is 2.12 bits per heavy atom. The largest absolute Gasteiger partial charge is 0.374 e. The first-order chi connectivity index (χ1) is 7.65. The molecule has 0 aromatic heterocycles. The number of piperidine rings is 1. The Bertz CT molecular complexity index is 227. The smallest absolute Gasteiger partial charge is 0.0829 e. The molecule has 0 aliphatic carbocycles. The molecular formula is C12H23BrN2O. The minimum absolute atomic E-state index is 0.415. The lowest BCUT2D eigenvalue weighted by molar-refractivity contribution is -0.0395. The van der Waals surface area contributed by atoms with E-state index >= 15 is 0 Å². The molecule has 3 nitrogen and oxygen atoms in total. The van der Waals surface area contributed by atoms with Crippen LogP contribution in [0.25, 0.3) is 0 Å². The second-order valence-electron chi connectivity index (χ2n) is 5.30. The van der Waals surface area contributed by atoms with E-state index in [1.165, 1.54) is 19.5 Å². The molecule has 0 spiro atoms. The number of nitrogens with zero attached hydrogens (tertiary/aromatic N) is 2. The van der Waals surface area contributed by atoms with Gasteiger partial charge in [0.15, 0.2) is 0 Å². The summed E-state index contributed by atoms with van der Waals surface area (Å²) in [5.41, 5.74) is 0. The molecule has 0 aromatic carbocycles. The van der Waals surface area contributed by atoms with Crippen LogP contribution in [0.5, 0.6) is 0 Å². The Kier molecular flexibility index (Phi) is 4.65. The molecule has 0 N–H and O–H groups in total. The van der Waals surface area contributed by atoms with Crippen LogP contribution in [-0.2, 0) is 4.74 Å². The summed E-state index contributed by atoms with van der Waals surface area (Å²) in [5.74, 6) is 0.759. The second-order valence-corrected chi connectivity index (χ2v) is 6.47. The van der Waals surface area contributed by atoms with Gasteiger partial charge in [-0.1, -0.05) is 22.9 Å². The first-order valence-electron chi connectivity index (χ1n) is 6.31. The van der Waals surface area contributed by atoms with Gasteiger partial charge in [-0.15, -0.1) is 0 Å². The highest BCUT2D eigenvalue weighted by atomic mass is 79.9. The number of likely N-dealkylation sites (N-methyl/N-ethyl adjacent to an activating group) is 1. The van der Waals surface area contributed by atoms with Gasteiger partial charge in [-0.2, -0.15) is 0 Å². The molecule has 2 saturated heterocycles.